The third-order valence-corrected chi connectivity index (χ3v) is 5.60. The van der Waals surface area contributed by atoms with Crippen molar-refractivity contribution in [2.75, 3.05) is 18.4 Å². The van der Waals surface area contributed by atoms with Crippen molar-refractivity contribution in [3.05, 3.63) is 59.7 Å². The SMILES string of the molecule is CCCN(CC(=O)Nc1ccccc1C)S(=O)(=O)c1ccc(F)cc1F. The topological polar surface area (TPSA) is 66.5 Å². The molecule has 0 spiro atoms. The van der Waals surface area contributed by atoms with E-state index in [1.165, 1.54) is 0 Å². The molecule has 1 N–H and O–H groups in total. The second-order valence-corrected chi connectivity index (χ2v) is 7.68. The predicted molar refractivity (Wildman–Crippen MR) is 95.2 cm³/mol. The maximum Gasteiger partial charge on any atom is 0.246 e. The van der Waals surface area contributed by atoms with Gasteiger partial charge in [0.25, 0.3) is 0 Å². The first-order chi connectivity index (χ1) is 12.3. The fraction of sp³-hybridized carbons (Fsp3) is 0.278. The number of hydrogen-bond acceptors (Lipinski definition) is 3. The monoisotopic (exact) mass is 382 g/mol. The second-order valence-electron chi connectivity index (χ2n) is 5.78. The molecule has 0 fully saturated rings. The van der Waals surface area contributed by atoms with E-state index in [1.807, 2.05) is 19.1 Å². The van der Waals surface area contributed by atoms with E-state index in [0.29, 0.717) is 18.2 Å². The molecule has 0 aromatic heterocycles. The zero-order valence-corrected chi connectivity index (χ0v) is 15.3. The van der Waals surface area contributed by atoms with Crippen LogP contribution in [0, 0.1) is 18.6 Å². The average molecular weight is 382 g/mol. The van der Waals surface area contributed by atoms with Gasteiger partial charge in [0.1, 0.15) is 16.5 Å². The van der Waals surface area contributed by atoms with Crippen molar-refractivity contribution < 1.29 is 22.0 Å². The Balaban J connectivity index is 2.24. The number of nitrogens with one attached hydrogen (secondary N) is 1. The number of nitrogens with zero attached hydrogens (tertiary/aromatic N) is 1. The lowest BCUT2D eigenvalue weighted by Crippen LogP contribution is -2.39. The molecule has 0 bridgehead atoms. The van der Waals surface area contributed by atoms with Gasteiger partial charge in [-0.2, -0.15) is 4.31 Å². The smallest absolute Gasteiger partial charge is 0.246 e. The molecule has 1 amide bonds. The van der Waals surface area contributed by atoms with Gasteiger partial charge < -0.3 is 5.32 Å². The normalized spacial score (nSPS) is 11.6. The molecule has 5 nitrogen and oxygen atoms in total. The lowest BCUT2D eigenvalue weighted by atomic mass is 10.2. The third kappa shape index (κ3) is 4.64. The molecule has 0 aliphatic rings. The summed E-state index contributed by atoms with van der Waals surface area (Å²) >= 11 is 0. The van der Waals surface area contributed by atoms with Crippen molar-refractivity contribution >= 4 is 21.6 Å². The molecule has 8 heteroatoms. The van der Waals surface area contributed by atoms with Crippen LogP contribution in [0.2, 0.25) is 0 Å². The van der Waals surface area contributed by atoms with Crippen LogP contribution in [0.25, 0.3) is 0 Å². The van der Waals surface area contributed by atoms with Gasteiger partial charge in [0.05, 0.1) is 6.54 Å². The van der Waals surface area contributed by atoms with Gasteiger partial charge in [-0.1, -0.05) is 25.1 Å². The average Bonchev–Trinajstić information content (AvgIpc) is 2.56. The van der Waals surface area contributed by atoms with Gasteiger partial charge in [-0.25, -0.2) is 17.2 Å². The molecule has 0 saturated heterocycles. The highest BCUT2D eigenvalue weighted by molar-refractivity contribution is 7.89. The van der Waals surface area contributed by atoms with E-state index in [0.717, 1.165) is 22.0 Å². The first kappa shape index (κ1) is 20.0. The van der Waals surface area contributed by atoms with Gasteiger partial charge in [-0.15, -0.1) is 0 Å². The summed E-state index contributed by atoms with van der Waals surface area (Å²) in [7, 11) is -4.28. The maximum atomic E-state index is 13.9. The summed E-state index contributed by atoms with van der Waals surface area (Å²) in [5.74, 6) is -2.61. The minimum Gasteiger partial charge on any atom is -0.325 e. The highest BCUT2D eigenvalue weighted by atomic mass is 32.2. The Bertz CT molecular complexity index is 901. The van der Waals surface area contributed by atoms with Crippen LogP contribution < -0.4 is 5.32 Å². The first-order valence-corrected chi connectivity index (χ1v) is 9.50. The van der Waals surface area contributed by atoms with Gasteiger partial charge in [0.15, 0.2) is 0 Å². The Hall–Kier alpha value is -2.32. The molecule has 0 aliphatic heterocycles. The molecular weight excluding hydrogens is 362 g/mol. The van der Waals surface area contributed by atoms with Gasteiger partial charge in [-0.05, 0) is 37.1 Å². The summed E-state index contributed by atoms with van der Waals surface area (Å²) in [6.07, 6.45) is 0.430. The number of para-hydroxylation sites is 1. The minimum atomic E-state index is -4.28. The number of rotatable bonds is 7. The summed E-state index contributed by atoms with van der Waals surface area (Å²) in [6.45, 7) is 3.11. The van der Waals surface area contributed by atoms with Crippen molar-refractivity contribution in [1.29, 1.82) is 0 Å². The Kier molecular flexibility index (Phi) is 6.44. The predicted octanol–water partition coefficient (Wildman–Crippen LogP) is 3.31. The third-order valence-electron chi connectivity index (χ3n) is 3.72. The molecule has 0 aliphatic carbocycles. The van der Waals surface area contributed by atoms with Crippen molar-refractivity contribution in [3.63, 3.8) is 0 Å². The van der Waals surface area contributed by atoms with Crippen LogP contribution in [0.15, 0.2) is 47.4 Å². The molecule has 0 unspecified atom stereocenters. The lowest BCUT2D eigenvalue weighted by molar-refractivity contribution is -0.116. The van der Waals surface area contributed by atoms with Gasteiger partial charge >= 0.3 is 0 Å². The summed E-state index contributed by atoms with van der Waals surface area (Å²) in [5, 5.41) is 2.65. The molecule has 0 atom stereocenters. The van der Waals surface area contributed by atoms with E-state index in [1.54, 1.807) is 19.1 Å². The molecule has 2 aromatic rings. The largest absolute Gasteiger partial charge is 0.325 e. The fourth-order valence-electron chi connectivity index (χ4n) is 2.42. The van der Waals surface area contributed by atoms with Crippen LogP contribution in [0.4, 0.5) is 14.5 Å². The van der Waals surface area contributed by atoms with E-state index in [-0.39, 0.29) is 6.54 Å². The number of sulfonamides is 1. The van der Waals surface area contributed by atoms with Crippen LogP contribution in [0.3, 0.4) is 0 Å². The molecule has 26 heavy (non-hydrogen) atoms. The fourth-order valence-corrected chi connectivity index (χ4v) is 3.95. The molecular formula is C18H20F2N2O3S. The van der Waals surface area contributed by atoms with Gasteiger partial charge in [-0.3, -0.25) is 4.79 Å². The van der Waals surface area contributed by atoms with Crippen molar-refractivity contribution in [2.24, 2.45) is 0 Å². The number of benzene rings is 2. The number of anilines is 1. The van der Waals surface area contributed by atoms with E-state index < -0.39 is 39.0 Å². The van der Waals surface area contributed by atoms with Crippen molar-refractivity contribution in [2.45, 2.75) is 25.2 Å². The number of carbonyl (C=O) groups excluding carboxylic acids is 1. The summed E-state index contributed by atoms with van der Waals surface area (Å²) in [4.78, 5) is 11.6. The Morgan fingerprint density at radius 2 is 1.85 bits per heavy atom. The van der Waals surface area contributed by atoms with E-state index in [9.17, 15) is 22.0 Å². The van der Waals surface area contributed by atoms with E-state index in [2.05, 4.69) is 5.32 Å². The molecule has 0 saturated carbocycles. The number of halogens is 2. The summed E-state index contributed by atoms with van der Waals surface area (Å²) < 4.78 is 53.3. The molecule has 0 heterocycles. The Morgan fingerprint density at radius 1 is 1.15 bits per heavy atom. The molecule has 0 radical (unpaired) electrons. The lowest BCUT2D eigenvalue weighted by Gasteiger charge is -2.21. The Labute approximate surface area is 151 Å². The van der Waals surface area contributed by atoms with Crippen LogP contribution in [0.5, 0.6) is 0 Å². The van der Waals surface area contributed by atoms with Crippen LogP contribution in [-0.4, -0.2) is 31.7 Å². The maximum absolute atomic E-state index is 13.9. The van der Waals surface area contributed by atoms with Gasteiger partial charge in [0, 0.05) is 18.3 Å². The zero-order valence-electron chi connectivity index (χ0n) is 14.5. The van der Waals surface area contributed by atoms with Crippen molar-refractivity contribution in [3.8, 4) is 0 Å². The summed E-state index contributed by atoms with van der Waals surface area (Å²) in [5.41, 5.74) is 1.40. The highest BCUT2D eigenvalue weighted by Gasteiger charge is 2.29. The molecule has 2 rings (SSSR count). The Morgan fingerprint density at radius 3 is 2.46 bits per heavy atom. The highest BCUT2D eigenvalue weighted by Crippen LogP contribution is 2.21. The molecule has 2 aromatic carbocycles. The number of amides is 1. The summed E-state index contributed by atoms with van der Waals surface area (Å²) in [6, 6.07) is 9.31. The van der Waals surface area contributed by atoms with Gasteiger partial charge in [0.2, 0.25) is 15.9 Å². The van der Waals surface area contributed by atoms with Crippen LogP contribution in [-0.2, 0) is 14.8 Å². The van der Waals surface area contributed by atoms with Crippen LogP contribution >= 0.6 is 0 Å². The number of hydrogen-bond donors (Lipinski definition) is 1. The molecule has 140 valence electrons. The van der Waals surface area contributed by atoms with E-state index in [4.69, 9.17) is 0 Å². The number of aryl methyl sites for hydroxylation is 1. The van der Waals surface area contributed by atoms with Crippen molar-refractivity contribution in [1.82, 2.24) is 4.31 Å². The van der Waals surface area contributed by atoms with Crippen LogP contribution in [0.1, 0.15) is 18.9 Å². The zero-order chi connectivity index (χ0) is 19.3. The first-order valence-electron chi connectivity index (χ1n) is 8.06. The number of carbonyl (C=O) groups is 1. The quantitative estimate of drug-likeness (QED) is 0.799. The second kappa shape index (κ2) is 8.37. The standard InChI is InChI=1S/C18H20F2N2O3S/c1-3-10-22(12-18(23)21-16-7-5-4-6-13(16)2)26(24,25)17-9-8-14(19)11-15(17)20/h4-9,11H,3,10,12H2,1-2H3,(H,21,23). The minimum absolute atomic E-state index is 0.0281. The van der Waals surface area contributed by atoms with E-state index >= 15 is 0 Å².